The third-order valence-corrected chi connectivity index (χ3v) is 3.82. The number of rotatable bonds is 4. The number of nitrogens with one attached hydrogen (secondary N) is 1. The zero-order valence-corrected chi connectivity index (χ0v) is 11.5. The van der Waals surface area contributed by atoms with E-state index in [2.05, 4.69) is 5.32 Å². The third kappa shape index (κ3) is 3.28. The van der Waals surface area contributed by atoms with Crippen LogP contribution in [0.2, 0.25) is 9.36 Å². The molecule has 17 heavy (non-hydrogen) atoms. The van der Waals surface area contributed by atoms with Gasteiger partial charge in [0.25, 0.3) is 0 Å². The van der Waals surface area contributed by atoms with Gasteiger partial charge in [0.1, 0.15) is 5.75 Å². The quantitative estimate of drug-likeness (QED) is 0.882. The molecule has 0 unspecified atom stereocenters. The number of thiophene rings is 1. The molecule has 0 fully saturated rings. The molecule has 0 radical (unpaired) electrons. The van der Waals surface area contributed by atoms with Crippen LogP contribution in [-0.2, 0) is 6.54 Å². The topological polar surface area (TPSA) is 21.3 Å². The summed E-state index contributed by atoms with van der Waals surface area (Å²) in [6, 6.07) is 9.39. The largest absolute Gasteiger partial charge is 0.497 e. The third-order valence-electron chi connectivity index (χ3n) is 2.26. The van der Waals surface area contributed by atoms with Crippen LogP contribution < -0.4 is 10.1 Å². The van der Waals surface area contributed by atoms with Gasteiger partial charge in [-0.2, -0.15) is 0 Å². The van der Waals surface area contributed by atoms with Gasteiger partial charge in [0.05, 0.1) is 22.2 Å². The molecule has 1 heterocycles. The van der Waals surface area contributed by atoms with Crippen molar-refractivity contribution >= 4 is 40.2 Å². The predicted octanol–water partition coefficient (Wildman–Crippen LogP) is 4.68. The maximum absolute atomic E-state index is 6.08. The van der Waals surface area contributed by atoms with Crippen LogP contribution in [0, 0.1) is 0 Å². The van der Waals surface area contributed by atoms with Crippen LogP contribution in [0.1, 0.15) is 4.88 Å². The number of halogens is 2. The molecule has 0 amide bonds. The highest BCUT2D eigenvalue weighted by Crippen LogP contribution is 2.28. The van der Waals surface area contributed by atoms with Crippen LogP contribution >= 0.6 is 34.5 Å². The first-order chi connectivity index (χ1) is 8.19. The fraction of sp³-hybridized carbons (Fsp3) is 0.167. The molecule has 0 bridgehead atoms. The van der Waals surface area contributed by atoms with Gasteiger partial charge in [0.2, 0.25) is 0 Å². The van der Waals surface area contributed by atoms with Gasteiger partial charge >= 0.3 is 0 Å². The lowest BCUT2D eigenvalue weighted by Crippen LogP contribution is -1.98. The van der Waals surface area contributed by atoms with Gasteiger partial charge in [-0.1, -0.05) is 23.2 Å². The average molecular weight is 288 g/mol. The molecule has 0 aliphatic heterocycles. The molecule has 5 heteroatoms. The highest BCUT2D eigenvalue weighted by atomic mass is 35.5. The highest BCUT2D eigenvalue weighted by Gasteiger charge is 2.03. The van der Waals surface area contributed by atoms with Crippen molar-refractivity contribution in [2.75, 3.05) is 12.4 Å². The maximum atomic E-state index is 6.08. The summed E-state index contributed by atoms with van der Waals surface area (Å²) in [5.41, 5.74) is 0.857. The fourth-order valence-corrected chi connectivity index (χ4v) is 2.61. The second-order valence-corrected chi connectivity index (χ2v) is 5.61. The average Bonchev–Trinajstić information content (AvgIpc) is 2.74. The van der Waals surface area contributed by atoms with Gasteiger partial charge in [-0.15, -0.1) is 11.3 Å². The maximum Gasteiger partial charge on any atom is 0.121 e. The SMILES string of the molecule is COc1ccc(Cl)c(NCc2ccc(Cl)s2)c1. The summed E-state index contributed by atoms with van der Waals surface area (Å²) in [5, 5.41) is 3.93. The van der Waals surface area contributed by atoms with E-state index in [1.165, 1.54) is 0 Å². The Hall–Kier alpha value is -0.900. The Balaban J connectivity index is 2.07. The van der Waals surface area contributed by atoms with Crippen molar-refractivity contribution in [1.29, 1.82) is 0 Å². The lowest BCUT2D eigenvalue weighted by molar-refractivity contribution is 0.415. The molecule has 2 nitrogen and oxygen atoms in total. The minimum atomic E-state index is 0.674. The van der Waals surface area contributed by atoms with Crippen molar-refractivity contribution in [1.82, 2.24) is 0 Å². The Kier molecular flexibility index (Phi) is 4.15. The van der Waals surface area contributed by atoms with Crippen molar-refractivity contribution in [2.45, 2.75) is 6.54 Å². The van der Waals surface area contributed by atoms with Crippen molar-refractivity contribution in [3.05, 3.63) is 44.6 Å². The fourth-order valence-electron chi connectivity index (χ4n) is 1.40. The molecular formula is C12H11Cl2NOS. The van der Waals surface area contributed by atoms with E-state index in [4.69, 9.17) is 27.9 Å². The lowest BCUT2D eigenvalue weighted by Gasteiger charge is -2.09. The number of ether oxygens (including phenoxy) is 1. The van der Waals surface area contributed by atoms with Gasteiger partial charge in [0, 0.05) is 17.5 Å². The van der Waals surface area contributed by atoms with Crippen LogP contribution in [0.4, 0.5) is 5.69 Å². The summed E-state index contributed by atoms with van der Waals surface area (Å²) >= 11 is 13.5. The summed E-state index contributed by atoms with van der Waals surface area (Å²) < 4.78 is 5.94. The molecule has 1 aromatic heterocycles. The Morgan fingerprint density at radius 1 is 1.24 bits per heavy atom. The lowest BCUT2D eigenvalue weighted by atomic mass is 10.3. The molecule has 90 valence electrons. The van der Waals surface area contributed by atoms with Crippen molar-refractivity contribution in [3.63, 3.8) is 0 Å². The van der Waals surface area contributed by atoms with Crippen molar-refractivity contribution in [2.24, 2.45) is 0 Å². The van der Waals surface area contributed by atoms with E-state index in [-0.39, 0.29) is 0 Å². The minimum absolute atomic E-state index is 0.674. The van der Waals surface area contributed by atoms with Crippen LogP contribution in [0.5, 0.6) is 5.75 Å². The highest BCUT2D eigenvalue weighted by molar-refractivity contribution is 7.16. The van der Waals surface area contributed by atoms with Gasteiger partial charge in [-0.25, -0.2) is 0 Å². The monoisotopic (exact) mass is 287 g/mol. The van der Waals surface area contributed by atoms with E-state index >= 15 is 0 Å². The van der Waals surface area contributed by atoms with Gasteiger partial charge in [0.15, 0.2) is 0 Å². The van der Waals surface area contributed by atoms with E-state index in [1.54, 1.807) is 18.4 Å². The Morgan fingerprint density at radius 3 is 2.71 bits per heavy atom. The molecule has 1 aromatic carbocycles. The summed E-state index contributed by atoms with van der Waals surface area (Å²) in [5.74, 6) is 0.779. The molecule has 0 saturated heterocycles. The number of methoxy groups -OCH3 is 1. The first kappa shape index (κ1) is 12.6. The zero-order valence-electron chi connectivity index (χ0n) is 9.17. The summed E-state index contributed by atoms with van der Waals surface area (Å²) in [6.07, 6.45) is 0. The molecule has 2 aromatic rings. The molecule has 0 aliphatic carbocycles. The van der Waals surface area contributed by atoms with Crippen LogP contribution in [-0.4, -0.2) is 7.11 Å². The second kappa shape index (κ2) is 5.63. The normalized spacial score (nSPS) is 10.3. The molecule has 0 aliphatic rings. The van der Waals surface area contributed by atoms with E-state index in [9.17, 15) is 0 Å². The Bertz CT molecular complexity index is 513. The molecule has 2 rings (SSSR count). The first-order valence-electron chi connectivity index (χ1n) is 5.00. The van der Waals surface area contributed by atoms with Crippen molar-refractivity contribution < 1.29 is 4.74 Å². The van der Waals surface area contributed by atoms with Gasteiger partial charge < -0.3 is 10.1 Å². The van der Waals surface area contributed by atoms with E-state index in [0.29, 0.717) is 11.6 Å². The molecule has 0 atom stereocenters. The van der Waals surface area contributed by atoms with E-state index in [1.807, 2.05) is 30.3 Å². The zero-order chi connectivity index (χ0) is 12.3. The standard InChI is InChI=1S/C12H11Cl2NOS/c1-16-8-2-4-10(13)11(6-8)15-7-9-3-5-12(14)17-9/h2-6,15H,7H2,1H3. The number of hydrogen-bond donors (Lipinski definition) is 1. The van der Waals surface area contributed by atoms with Gasteiger partial charge in [-0.3, -0.25) is 0 Å². The molecule has 0 saturated carbocycles. The second-order valence-electron chi connectivity index (χ2n) is 3.41. The summed E-state index contributed by atoms with van der Waals surface area (Å²) in [7, 11) is 1.63. The van der Waals surface area contributed by atoms with Crippen molar-refractivity contribution in [3.8, 4) is 5.75 Å². The van der Waals surface area contributed by atoms with Crippen LogP contribution in [0.15, 0.2) is 30.3 Å². The smallest absolute Gasteiger partial charge is 0.121 e. The number of hydrogen-bond acceptors (Lipinski definition) is 3. The first-order valence-corrected chi connectivity index (χ1v) is 6.58. The predicted molar refractivity (Wildman–Crippen MR) is 74.7 cm³/mol. The number of benzene rings is 1. The molecule has 0 spiro atoms. The minimum Gasteiger partial charge on any atom is -0.497 e. The summed E-state index contributed by atoms with van der Waals surface area (Å²) in [6.45, 7) is 0.699. The van der Waals surface area contributed by atoms with E-state index < -0.39 is 0 Å². The Labute approximate surface area is 114 Å². The van der Waals surface area contributed by atoms with Crippen LogP contribution in [0.25, 0.3) is 0 Å². The summed E-state index contributed by atoms with van der Waals surface area (Å²) in [4.78, 5) is 1.16. The van der Waals surface area contributed by atoms with Gasteiger partial charge in [-0.05, 0) is 24.3 Å². The molecular weight excluding hydrogens is 277 g/mol. The van der Waals surface area contributed by atoms with Crippen LogP contribution in [0.3, 0.4) is 0 Å². The Morgan fingerprint density at radius 2 is 2.06 bits per heavy atom. The molecule has 1 N–H and O–H groups in total. The van der Waals surface area contributed by atoms with E-state index in [0.717, 1.165) is 20.7 Å². The number of anilines is 1.